The minimum Gasteiger partial charge on any atom is -0.391 e. The summed E-state index contributed by atoms with van der Waals surface area (Å²) in [6, 6.07) is 0. The molecule has 0 aromatic rings. The van der Waals surface area contributed by atoms with Crippen molar-refractivity contribution in [3.8, 4) is 0 Å². The molecule has 0 bridgehead atoms. The fraction of sp³-hybridized carbons (Fsp3) is 0.900. The fourth-order valence-corrected chi connectivity index (χ4v) is 1.28. The van der Waals surface area contributed by atoms with Gasteiger partial charge < -0.3 is 20.9 Å². The van der Waals surface area contributed by atoms with Gasteiger partial charge in [0.05, 0.1) is 18.2 Å². The fourth-order valence-electron chi connectivity index (χ4n) is 1.28. The Balaban J connectivity index is 2.62. The van der Waals surface area contributed by atoms with Gasteiger partial charge in [0.25, 0.3) is 0 Å². The number of carbonyl (C=O) groups is 1. The molecule has 0 aromatic heterocycles. The molecule has 88 valence electrons. The number of nitrogens with one attached hydrogen (secondary N) is 1. The first kappa shape index (κ1) is 12.4. The lowest BCUT2D eigenvalue weighted by molar-refractivity contribution is -0.129. The number of aliphatic hydroxyl groups excluding tert-OH is 1. The molecule has 4 N–H and O–H groups in total. The van der Waals surface area contributed by atoms with Gasteiger partial charge in [-0.2, -0.15) is 0 Å². The average Bonchev–Trinajstić information content (AvgIpc) is 2.52. The number of hydrogen-bond donors (Lipinski definition) is 3. The highest BCUT2D eigenvalue weighted by atomic mass is 16.5. The molecule has 1 fully saturated rings. The van der Waals surface area contributed by atoms with E-state index >= 15 is 0 Å². The number of rotatable bonds is 3. The van der Waals surface area contributed by atoms with Crippen LogP contribution < -0.4 is 11.1 Å². The van der Waals surface area contributed by atoms with E-state index in [1.807, 2.05) is 0 Å². The summed E-state index contributed by atoms with van der Waals surface area (Å²) in [7, 11) is 0. The van der Waals surface area contributed by atoms with Crippen molar-refractivity contribution in [2.75, 3.05) is 13.2 Å². The molecule has 0 saturated carbocycles. The quantitative estimate of drug-likeness (QED) is 0.587. The summed E-state index contributed by atoms with van der Waals surface area (Å²) in [5, 5.41) is 12.2. The smallest absolute Gasteiger partial charge is 0.243 e. The molecule has 0 aliphatic carbocycles. The second kappa shape index (κ2) is 4.08. The number of hydrogen-bond acceptors (Lipinski definition) is 4. The Morgan fingerprint density at radius 2 is 2.27 bits per heavy atom. The Hall–Kier alpha value is -0.650. The Labute approximate surface area is 90.0 Å². The molecule has 0 spiro atoms. The van der Waals surface area contributed by atoms with Gasteiger partial charge in [-0.15, -0.1) is 0 Å². The van der Waals surface area contributed by atoms with Gasteiger partial charge in [-0.1, -0.05) is 0 Å². The van der Waals surface area contributed by atoms with Crippen molar-refractivity contribution in [1.82, 2.24) is 5.32 Å². The first-order valence-corrected chi connectivity index (χ1v) is 5.15. The second-order valence-electron chi connectivity index (χ2n) is 4.81. The molecule has 1 saturated heterocycles. The standard InChI is InChI=1S/C10H20N2O3/c1-7(13)9(2,3)12-8(14)10(11)4-5-15-6-10/h7,13H,4-6,11H2,1-3H3,(H,12,14). The maximum atomic E-state index is 11.9. The van der Waals surface area contributed by atoms with Crippen LogP contribution in [0.15, 0.2) is 0 Å². The topological polar surface area (TPSA) is 84.6 Å². The van der Waals surface area contributed by atoms with Gasteiger partial charge in [0.15, 0.2) is 0 Å². The van der Waals surface area contributed by atoms with E-state index in [0.717, 1.165) is 0 Å². The highest BCUT2D eigenvalue weighted by Crippen LogP contribution is 2.18. The summed E-state index contributed by atoms with van der Waals surface area (Å²) in [6.45, 7) is 5.91. The van der Waals surface area contributed by atoms with Crippen molar-refractivity contribution in [2.45, 2.75) is 44.4 Å². The van der Waals surface area contributed by atoms with E-state index in [2.05, 4.69) is 5.32 Å². The Morgan fingerprint density at radius 3 is 2.67 bits per heavy atom. The van der Waals surface area contributed by atoms with Crippen molar-refractivity contribution >= 4 is 5.91 Å². The Morgan fingerprint density at radius 1 is 1.67 bits per heavy atom. The highest BCUT2D eigenvalue weighted by molar-refractivity contribution is 5.87. The zero-order valence-electron chi connectivity index (χ0n) is 9.54. The summed E-state index contributed by atoms with van der Waals surface area (Å²) in [6.07, 6.45) is -0.110. The largest absolute Gasteiger partial charge is 0.391 e. The SMILES string of the molecule is CC(O)C(C)(C)NC(=O)C1(N)CCOC1. The van der Waals surface area contributed by atoms with Crippen molar-refractivity contribution in [3.63, 3.8) is 0 Å². The van der Waals surface area contributed by atoms with Crippen LogP contribution in [0, 0.1) is 0 Å². The van der Waals surface area contributed by atoms with Gasteiger partial charge in [-0.3, -0.25) is 4.79 Å². The number of aliphatic hydroxyl groups is 1. The molecule has 1 amide bonds. The van der Waals surface area contributed by atoms with E-state index in [9.17, 15) is 9.90 Å². The third-order valence-corrected chi connectivity index (χ3v) is 2.98. The van der Waals surface area contributed by atoms with Gasteiger partial charge >= 0.3 is 0 Å². The molecule has 2 unspecified atom stereocenters. The molecule has 1 heterocycles. The predicted molar refractivity (Wildman–Crippen MR) is 56.3 cm³/mol. The van der Waals surface area contributed by atoms with Gasteiger partial charge in [0, 0.05) is 6.61 Å². The summed E-state index contributed by atoms with van der Waals surface area (Å²) in [5.74, 6) is -0.258. The van der Waals surface area contributed by atoms with Crippen LogP contribution in [0.1, 0.15) is 27.2 Å². The van der Waals surface area contributed by atoms with Crippen molar-refractivity contribution < 1.29 is 14.6 Å². The lowest BCUT2D eigenvalue weighted by Gasteiger charge is -2.33. The van der Waals surface area contributed by atoms with Crippen LogP contribution in [0.5, 0.6) is 0 Å². The summed E-state index contributed by atoms with van der Waals surface area (Å²) in [5.41, 5.74) is 4.28. The average molecular weight is 216 g/mol. The third kappa shape index (κ3) is 2.68. The molecule has 1 aliphatic heterocycles. The minimum absolute atomic E-state index is 0.245. The van der Waals surface area contributed by atoms with Crippen LogP contribution in [0.4, 0.5) is 0 Å². The first-order chi connectivity index (χ1) is 6.78. The summed E-state index contributed by atoms with van der Waals surface area (Å²) < 4.78 is 5.11. The lowest BCUT2D eigenvalue weighted by Crippen LogP contribution is -2.61. The third-order valence-electron chi connectivity index (χ3n) is 2.98. The van der Waals surface area contributed by atoms with E-state index < -0.39 is 17.2 Å². The Kier molecular flexibility index (Phi) is 3.38. The van der Waals surface area contributed by atoms with Crippen LogP contribution in [-0.4, -0.2) is 41.4 Å². The molecule has 1 aliphatic rings. The molecule has 15 heavy (non-hydrogen) atoms. The number of nitrogens with two attached hydrogens (primary N) is 1. The van der Waals surface area contributed by atoms with Crippen molar-refractivity contribution in [1.29, 1.82) is 0 Å². The maximum absolute atomic E-state index is 11.9. The predicted octanol–water partition coefficient (Wildman–Crippen LogP) is -0.620. The molecule has 5 nitrogen and oxygen atoms in total. The zero-order valence-corrected chi connectivity index (χ0v) is 9.54. The normalized spacial score (nSPS) is 28.9. The zero-order chi connectivity index (χ0) is 11.7. The summed E-state index contributed by atoms with van der Waals surface area (Å²) >= 11 is 0. The van der Waals surface area contributed by atoms with Gasteiger partial charge in [-0.05, 0) is 27.2 Å². The molecule has 2 atom stereocenters. The number of ether oxygens (including phenoxy) is 1. The van der Waals surface area contributed by atoms with Crippen LogP contribution in [-0.2, 0) is 9.53 Å². The van der Waals surface area contributed by atoms with Crippen LogP contribution >= 0.6 is 0 Å². The van der Waals surface area contributed by atoms with E-state index in [0.29, 0.717) is 13.0 Å². The first-order valence-electron chi connectivity index (χ1n) is 5.15. The minimum atomic E-state index is -0.938. The molecule has 0 aromatic carbocycles. The molecular weight excluding hydrogens is 196 g/mol. The van der Waals surface area contributed by atoms with Crippen LogP contribution in [0.2, 0.25) is 0 Å². The van der Waals surface area contributed by atoms with E-state index in [-0.39, 0.29) is 12.5 Å². The maximum Gasteiger partial charge on any atom is 0.243 e. The summed E-state index contributed by atoms with van der Waals surface area (Å²) in [4.78, 5) is 11.9. The van der Waals surface area contributed by atoms with E-state index in [1.165, 1.54) is 0 Å². The Bertz CT molecular complexity index is 245. The van der Waals surface area contributed by atoms with Gasteiger partial charge in [0.1, 0.15) is 5.54 Å². The van der Waals surface area contributed by atoms with E-state index in [4.69, 9.17) is 10.5 Å². The van der Waals surface area contributed by atoms with Crippen LogP contribution in [0.25, 0.3) is 0 Å². The second-order valence-corrected chi connectivity index (χ2v) is 4.81. The molecule has 1 rings (SSSR count). The van der Waals surface area contributed by atoms with Gasteiger partial charge in [-0.25, -0.2) is 0 Å². The highest BCUT2D eigenvalue weighted by Gasteiger charge is 2.41. The van der Waals surface area contributed by atoms with Gasteiger partial charge in [0.2, 0.25) is 5.91 Å². The monoisotopic (exact) mass is 216 g/mol. The van der Waals surface area contributed by atoms with E-state index in [1.54, 1.807) is 20.8 Å². The molecule has 5 heteroatoms. The number of amides is 1. The van der Waals surface area contributed by atoms with Crippen LogP contribution in [0.3, 0.4) is 0 Å². The molecule has 0 radical (unpaired) electrons. The number of carbonyl (C=O) groups excluding carboxylic acids is 1. The van der Waals surface area contributed by atoms with Crippen molar-refractivity contribution in [3.05, 3.63) is 0 Å². The van der Waals surface area contributed by atoms with Crippen molar-refractivity contribution in [2.24, 2.45) is 5.73 Å². The lowest BCUT2D eigenvalue weighted by atomic mass is 9.94. The molecular formula is C10H20N2O3.